The Morgan fingerprint density at radius 3 is 1.89 bits per heavy atom. The Morgan fingerprint density at radius 1 is 0.786 bits per heavy atom. The molecule has 0 radical (unpaired) electrons. The number of ether oxygens (including phenoxy) is 1. The molecule has 142 valence electrons. The predicted molar refractivity (Wildman–Crippen MR) is 104 cm³/mol. The molecule has 0 fully saturated rings. The number of hydrogen-bond acceptors (Lipinski definition) is 3. The van der Waals surface area contributed by atoms with Gasteiger partial charge in [0.1, 0.15) is 5.82 Å². The third kappa shape index (κ3) is 5.51. The molecule has 0 aliphatic rings. The van der Waals surface area contributed by atoms with Crippen LogP contribution in [0, 0.1) is 5.82 Å². The van der Waals surface area contributed by atoms with Gasteiger partial charge in [-0.25, -0.2) is 9.18 Å². The van der Waals surface area contributed by atoms with Crippen LogP contribution in [0.25, 0.3) is 0 Å². The number of carbonyl (C=O) groups excluding carboxylic acids is 2. The van der Waals surface area contributed by atoms with Crippen LogP contribution in [0.1, 0.15) is 21.5 Å². The zero-order chi connectivity index (χ0) is 19.8. The third-order valence-corrected chi connectivity index (χ3v) is 4.17. The molecule has 0 spiro atoms. The summed E-state index contributed by atoms with van der Waals surface area (Å²) < 4.78 is 18.4. The van der Waals surface area contributed by atoms with Crippen molar-refractivity contribution in [3.8, 4) is 0 Å². The van der Waals surface area contributed by atoms with Crippen molar-refractivity contribution in [3.05, 3.63) is 107 Å². The van der Waals surface area contributed by atoms with E-state index in [0.29, 0.717) is 13.1 Å². The summed E-state index contributed by atoms with van der Waals surface area (Å²) in [4.78, 5) is 26.4. The highest BCUT2D eigenvalue weighted by molar-refractivity contribution is 5.91. The van der Waals surface area contributed by atoms with Gasteiger partial charge in [0.15, 0.2) is 6.61 Å². The number of esters is 1. The highest BCUT2D eigenvalue weighted by Crippen LogP contribution is 2.11. The summed E-state index contributed by atoms with van der Waals surface area (Å²) in [5, 5.41) is 0. The molecule has 0 aliphatic heterocycles. The van der Waals surface area contributed by atoms with Crippen LogP contribution in [0.3, 0.4) is 0 Å². The van der Waals surface area contributed by atoms with Gasteiger partial charge in [-0.15, -0.1) is 0 Å². The van der Waals surface area contributed by atoms with E-state index in [2.05, 4.69) is 0 Å². The molecule has 0 saturated carbocycles. The number of benzene rings is 3. The van der Waals surface area contributed by atoms with E-state index in [-0.39, 0.29) is 11.5 Å². The van der Waals surface area contributed by atoms with Crippen molar-refractivity contribution in [2.45, 2.75) is 13.1 Å². The van der Waals surface area contributed by atoms with E-state index >= 15 is 0 Å². The van der Waals surface area contributed by atoms with Crippen LogP contribution in [0.4, 0.5) is 4.39 Å². The minimum Gasteiger partial charge on any atom is -0.452 e. The zero-order valence-electron chi connectivity index (χ0n) is 15.3. The van der Waals surface area contributed by atoms with Gasteiger partial charge in [0.25, 0.3) is 5.91 Å². The van der Waals surface area contributed by atoms with E-state index < -0.39 is 18.4 Å². The topological polar surface area (TPSA) is 46.6 Å². The SMILES string of the molecule is O=C(OCC(=O)N(Cc1ccccc1)Cc1ccccc1)c1cccc(F)c1. The average molecular weight is 377 g/mol. The fourth-order valence-electron chi connectivity index (χ4n) is 2.76. The molecule has 0 N–H and O–H groups in total. The second-order valence-corrected chi connectivity index (χ2v) is 6.31. The summed E-state index contributed by atoms with van der Waals surface area (Å²) in [7, 11) is 0. The standard InChI is InChI=1S/C23H20FNO3/c24-21-13-7-12-20(14-21)23(27)28-17-22(26)25(15-18-8-3-1-4-9-18)16-19-10-5-2-6-11-19/h1-14H,15-17H2. The number of rotatable bonds is 7. The van der Waals surface area contributed by atoms with E-state index in [9.17, 15) is 14.0 Å². The smallest absolute Gasteiger partial charge is 0.338 e. The molecule has 4 nitrogen and oxygen atoms in total. The Morgan fingerprint density at radius 2 is 1.36 bits per heavy atom. The first kappa shape index (κ1) is 19.3. The summed E-state index contributed by atoms with van der Waals surface area (Å²) in [6.45, 7) is 0.382. The summed E-state index contributed by atoms with van der Waals surface area (Å²) in [5.41, 5.74) is 2.02. The first-order valence-corrected chi connectivity index (χ1v) is 8.90. The van der Waals surface area contributed by atoms with Crippen LogP contribution in [0.5, 0.6) is 0 Å². The van der Waals surface area contributed by atoms with Gasteiger partial charge in [-0.3, -0.25) is 4.79 Å². The van der Waals surface area contributed by atoms with Crippen molar-refractivity contribution in [2.24, 2.45) is 0 Å². The van der Waals surface area contributed by atoms with Crippen molar-refractivity contribution < 1.29 is 18.7 Å². The molecule has 0 atom stereocenters. The molecule has 5 heteroatoms. The van der Waals surface area contributed by atoms with Gasteiger partial charge in [0.2, 0.25) is 0 Å². The summed E-state index contributed by atoms with van der Waals surface area (Å²) in [6, 6.07) is 24.4. The van der Waals surface area contributed by atoms with Crippen LogP contribution in [0.2, 0.25) is 0 Å². The maximum Gasteiger partial charge on any atom is 0.338 e. The van der Waals surface area contributed by atoms with E-state index in [0.717, 1.165) is 17.2 Å². The molecule has 0 heterocycles. The molecule has 0 bridgehead atoms. The lowest BCUT2D eigenvalue weighted by Crippen LogP contribution is -2.33. The van der Waals surface area contributed by atoms with Crippen LogP contribution in [-0.2, 0) is 22.6 Å². The Balaban J connectivity index is 1.67. The van der Waals surface area contributed by atoms with Crippen LogP contribution >= 0.6 is 0 Å². The van der Waals surface area contributed by atoms with Crippen molar-refractivity contribution in [2.75, 3.05) is 6.61 Å². The van der Waals surface area contributed by atoms with Crippen LogP contribution < -0.4 is 0 Å². The summed E-state index contributed by atoms with van der Waals surface area (Å²) in [5.74, 6) is -1.58. The van der Waals surface area contributed by atoms with Crippen LogP contribution in [0.15, 0.2) is 84.9 Å². The Labute approximate surface area is 163 Å². The largest absolute Gasteiger partial charge is 0.452 e. The molecule has 0 aromatic heterocycles. The molecule has 0 aliphatic carbocycles. The first-order chi connectivity index (χ1) is 13.6. The zero-order valence-corrected chi connectivity index (χ0v) is 15.3. The summed E-state index contributed by atoms with van der Waals surface area (Å²) >= 11 is 0. The minimum absolute atomic E-state index is 0.0745. The second kappa shape index (κ2) is 9.46. The molecule has 0 saturated heterocycles. The van der Waals surface area contributed by atoms with Crippen molar-refractivity contribution in [1.82, 2.24) is 4.90 Å². The molecular weight excluding hydrogens is 357 g/mol. The van der Waals surface area contributed by atoms with Gasteiger partial charge >= 0.3 is 5.97 Å². The van der Waals surface area contributed by atoms with Gasteiger partial charge in [-0.05, 0) is 29.3 Å². The maximum atomic E-state index is 13.3. The quantitative estimate of drug-likeness (QED) is 0.580. The van der Waals surface area contributed by atoms with Gasteiger partial charge in [-0.2, -0.15) is 0 Å². The average Bonchev–Trinajstić information content (AvgIpc) is 2.73. The lowest BCUT2D eigenvalue weighted by atomic mass is 10.1. The highest BCUT2D eigenvalue weighted by atomic mass is 19.1. The number of amides is 1. The molecule has 3 aromatic carbocycles. The fourth-order valence-corrected chi connectivity index (χ4v) is 2.76. The summed E-state index contributed by atoms with van der Waals surface area (Å²) in [6.07, 6.45) is 0. The Hall–Kier alpha value is -3.47. The molecule has 0 unspecified atom stereocenters. The number of hydrogen-bond donors (Lipinski definition) is 0. The van der Waals surface area contributed by atoms with E-state index in [1.807, 2.05) is 60.7 Å². The minimum atomic E-state index is -0.729. The lowest BCUT2D eigenvalue weighted by molar-refractivity contribution is -0.135. The predicted octanol–water partition coefficient (Wildman–Crippen LogP) is 4.21. The van der Waals surface area contributed by atoms with Gasteiger partial charge in [-0.1, -0.05) is 66.7 Å². The highest BCUT2D eigenvalue weighted by Gasteiger charge is 2.17. The van der Waals surface area contributed by atoms with Gasteiger partial charge in [0.05, 0.1) is 5.56 Å². The van der Waals surface area contributed by atoms with Gasteiger partial charge < -0.3 is 9.64 Å². The second-order valence-electron chi connectivity index (χ2n) is 6.31. The lowest BCUT2D eigenvalue weighted by Gasteiger charge is -2.23. The van der Waals surface area contributed by atoms with E-state index in [1.165, 1.54) is 18.2 Å². The van der Waals surface area contributed by atoms with Crippen LogP contribution in [-0.4, -0.2) is 23.4 Å². The van der Waals surface area contributed by atoms with E-state index in [1.54, 1.807) is 4.90 Å². The molecular formula is C23H20FNO3. The molecule has 3 rings (SSSR count). The molecule has 3 aromatic rings. The van der Waals surface area contributed by atoms with E-state index in [4.69, 9.17) is 4.74 Å². The fraction of sp³-hybridized carbons (Fsp3) is 0.130. The Bertz CT molecular complexity index is 887. The maximum absolute atomic E-state index is 13.3. The Kier molecular flexibility index (Phi) is 6.52. The normalized spacial score (nSPS) is 10.3. The molecule has 1 amide bonds. The molecule has 28 heavy (non-hydrogen) atoms. The number of carbonyl (C=O) groups is 2. The van der Waals surface area contributed by atoms with Crippen molar-refractivity contribution in [3.63, 3.8) is 0 Å². The van der Waals surface area contributed by atoms with Crippen molar-refractivity contribution >= 4 is 11.9 Å². The van der Waals surface area contributed by atoms with Crippen molar-refractivity contribution in [1.29, 1.82) is 0 Å². The third-order valence-electron chi connectivity index (χ3n) is 4.17. The monoisotopic (exact) mass is 377 g/mol. The first-order valence-electron chi connectivity index (χ1n) is 8.90. The number of nitrogens with zero attached hydrogens (tertiary/aromatic N) is 1. The number of halogens is 1. The van der Waals surface area contributed by atoms with Gasteiger partial charge in [0, 0.05) is 13.1 Å².